The van der Waals surface area contributed by atoms with Crippen LogP contribution in [0.3, 0.4) is 0 Å². The number of hydrogen-bond donors (Lipinski definition) is 0. The summed E-state index contributed by atoms with van der Waals surface area (Å²) in [6.07, 6.45) is 3.61. The number of rotatable bonds is 3. The van der Waals surface area contributed by atoms with Crippen LogP contribution in [0.1, 0.15) is 45.1 Å². The van der Waals surface area contributed by atoms with Crippen LogP contribution in [0.5, 0.6) is 0 Å². The Hall–Kier alpha value is -1.43. The van der Waals surface area contributed by atoms with Crippen LogP contribution in [0.2, 0.25) is 0 Å². The second-order valence-electron chi connectivity index (χ2n) is 6.35. The molecule has 0 spiro atoms. The summed E-state index contributed by atoms with van der Waals surface area (Å²) in [7, 11) is 0. The van der Waals surface area contributed by atoms with Crippen molar-refractivity contribution in [2.75, 3.05) is 0 Å². The fraction of sp³-hybridized carbons (Fsp3) is 0.588. The molecule has 0 atom stereocenters. The van der Waals surface area contributed by atoms with Gasteiger partial charge in [-0.2, -0.15) is 5.26 Å². The molecule has 3 heteroatoms. The second-order valence-corrected chi connectivity index (χ2v) is 6.35. The Morgan fingerprint density at radius 2 is 1.80 bits per heavy atom. The second kappa shape index (κ2) is 5.91. The maximum Gasteiger partial charge on any atom is 0.129 e. The number of hydrogen-bond acceptors (Lipinski definition) is 1. The molecule has 0 radical (unpaired) electrons. The van der Waals surface area contributed by atoms with Crippen LogP contribution in [-0.4, -0.2) is 0 Å². The lowest BCUT2D eigenvalue weighted by Crippen LogP contribution is -2.30. The lowest BCUT2D eigenvalue weighted by Gasteiger charge is -2.36. The van der Waals surface area contributed by atoms with Gasteiger partial charge in [-0.15, -0.1) is 0 Å². The van der Waals surface area contributed by atoms with E-state index in [2.05, 4.69) is 19.9 Å². The summed E-state index contributed by atoms with van der Waals surface area (Å²) < 4.78 is 27.5. The lowest BCUT2D eigenvalue weighted by atomic mass is 9.66. The summed E-state index contributed by atoms with van der Waals surface area (Å²) >= 11 is 0. The van der Waals surface area contributed by atoms with E-state index in [-0.39, 0.29) is 12.0 Å². The molecule has 20 heavy (non-hydrogen) atoms. The third-order valence-electron chi connectivity index (χ3n) is 4.74. The monoisotopic (exact) mass is 277 g/mol. The van der Waals surface area contributed by atoms with Gasteiger partial charge in [0, 0.05) is 5.56 Å². The quantitative estimate of drug-likeness (QED) is 0.773. The molecule has 1 aliphatic carbocycles. The Labute approximate surface area is 119 Å². The van der Waals surface area contributed by atoms with Gasteiger partial charge in [0.25, 0.3) is 0 Å². The summed E-state index contributed by atoms with van der Waals surface area (Å²) in [6.45, 7) is 4.39. The largest absolute Gasteiger partial charge is 0.207 e. The van der Waals surface area contributed by atoms with Crippen molar-refractivity contribution < 1.29 is 8.78 Å². The molecule has 1 saturated carbocycles. The summed E-state index contributed by atoms with van der Waals surface area (Å²) in [5, 5.41) is 9.51. The molecule has 108 valence electrons. The Balaban J connectivity index is 2.17. The topological polar surface area (TPSA) is 23.8 Å². The van der Waals surface area contributed by atoms with Gasteiger partial charge in [0.2, 0.25) is 0 Å². The Morgan fingerprint density at radius 1 is 1.25 bits per heavy atom. The first-order valence-corrected chi connectivity index (χ1v) is 7.31. The Kier molecular flexibility index (Phi) is 4.42. The van der Waals surface area contributed by atoms with Gasteiger partial charge < -0.3 is 0 Å². The zero-order valence-electron chi connectivity index (χ0n) is 12.1. The average molecular weight is 277 g/mol. The average Bonchev–Trinajstić information content (AvgIpc) is 2.43. The molecule has 0 saturated heterocycles. The predicted octanol–water partition coefficient (Wildman–Crippen LogP) is 4.86. The van der Waals surface area contributed by atoms with Crippen molar-refractivity contribution >= 4 is 0 Å². The minimum atomic E-state index is -0.603. The van der Waals surface area contributed by atoms with Crippen molar-refractivity contribution in [2.24, 2.45) is 17.3 Å². The van der Waals surface area contributed by atoms with Gasteiger partial charge >= 0.3 is 0 Å². The van der Waals surface area contributed by atoms with Crippen LogP contribution in [0.15, 0.2) is 18.2 Å². The van der Waals surface area contributed by atoms with E-state index in [9.17, 15) is 14.0 Å². The summed E-state index contributed by atoms with van der Waals surface area (Å²) in [4.78, 5) is 0. The third-order valence-corrected chi connectivity index (χ3v) is 4.74. The van der Waals surface area contributed by atoms with Crippen molar-refractivity contribution in [3.8, 4) is 6.07 Å². The van der Waals surface area contributed by atoms with Gasteiger partial charge in [-0.05, 0) is 56.1 Å². The van der Waals surface area contributed by atoms with Crippen molar-refractivity contribution in [3.05, 3.63) is 35.4 Å². The molecule has 0 amide bonds. The first-order valence-electron chi connectivity index (χ1n) is 7.31. The van der Waals surface area contributed by atoms with Crippen LogP contribution < -0.4 is 0 Å². The SMILES string of the molecule is CC(C)C1CCC(C#N)(Cc2c(F)cccc2F)CC1. The van der Waals surface area contributed by atoms with Crippen LogP contribution >= 0.6 is 0 Å². The van der Waals surface area contributed by atoms with E-state index in [0.29, 0.717) is 11.8 Å². The number of halogens is 2. The summed E-state index contributed by atoms with van der Waals surface area (Å²) in [5.74, 6) is 0.162. The third kappa shape index (κ3) is 3.00. The highest BCUT2D eigenvalue weighted by Crippen LogP contribution is 2.43. The zero-order valence-corrected chi connectivity index (χ0v) is 12.1. The number of benzene rings is 1. The van der Waals surface area contributed by atoms with Gasteiger partial charge in [0.05, 0.1) is 11.5 Å². The maximum atomic E-state index is 13.8. The molecule has 0 aliphatic heterocycles. The fourth-order valence-electron chi connectivity index (χ4n) is 3.23. The van der Waals surface area contributed by atoms with Crippen LogP contribution in [0.4, 0.5) is 8.78 Å². The maximum absolute atomic E-state index is 13.8. The standard InChI is InChI=1S/C17H21F2N/c1-12(2)13-6-8-17(11-20,9-7-13)10-14-15(18)4-3-5-16(14)19/h3-5,12-13H,6-10H2,1-2H3. The van der Waals surface area contributed by atoms with Gasteiger partial charge in [-0.3, -0.25) is 0 Å². The highest BCUT2D eigenvalue weighted by Gasteiger charge is 2.37. The normalized spacial score (nSPS) is 26.5. The Bertz CT molecular complexity index is 488. The Morgan fingerprint density at radius 3 is 2.25 bits per heavy atom. The lowest BCUT2D eigenvalue weighted by molar-refractivity contribution is 0.173. The predicted molar refractivity (Wildman–Crippen MR) is 74.9 cm³/mol. The molecule has 1 fully saturated rings. The van der Waals surface area contributed by atoms with E-state index < -0.39 is 17.0 Å². The van der Waals surface area contributed by atoms with Crippen molar-refractivity contribution in [1.82, 2.24) is 0 Å². The molecule has 1 aromatic carbocycles. The molecule has 0 heterocycles. The molecule has 2 rings (SSSR count). The van der Waals surface area contributed by atoms with Gasteiger partial charge in [0.15, 0.2) is 0 Å². The van der Waals surface area contributed by atoms with E-state index in [1.54, 1.807) is 0 Å². The molecule has 1 aromatic rings. The number of nitrogens with zero attached hydrogens (tertiary/aromatic N) is 1. The highest BCUT2D eigenvalue weighted by molar-refractivity contribution is 5.23. The molecule has 0 N–H and O–H groups in total. The molecular formula is C17H21F2N. The van der Waals surface area contributed by atoms with Crippen LogP contribution in [0, 0.1) is 40.2 Å². The molecule has 0 bridgehead atoms. The van der Waals surface area contributed by atoms with E-state index >= 15 is 0 Å². The van der Waals surface area contributed by atoms with Gasteiger partial charge in [-0.25, -0.2) is 8.78 Å². The molecule has 1 aliphatic rings. The number of nitriles is 1. The van der Waals surface area contributed by atoms with Gasteiger partial charge in [0.1, 0.15) is 11.6 Å². The molecule has 1 nitrogen and oxygen atoms in total. The highest BCUT2D eigenvalue weighted by atomic mass is 19.1. The van der Waals surface area contributed by atoms with Crippen molar-refractivity contribution in [2.45, 2.75) is 46.0 Å². The van der Waals surface area contributed by atoms with Crippen molar-refractivity contribution in [1.29, 1.82) is 5.26 Å². The van der Waals surface area contributed by atoms with Crippen LogP contribution in [0.25, 0.3) is 0 Å². The molecule has 0 unspecified atom stereocenters. The summed E-state index contributed by atoms with van der Waals surface area (Å²) in [6, 6.07) is 6.24. The van der Waals surface area contributed by atoms with Crippen molar-refractivity contribution in [3.63, 3.8) is 0 Å². The van der Waals surface area contributed by atoms with E-state index in [0.717, 1.165) is 25.7 Å². The van der Waals surface area contributed by atoms with E-state index in [4.69, 9.17) is 0 Å². The molecule has 0 aromatic heterocycles. The summed E-state index contributed by atoms with van der Waals surface area (Å²) in [5.41, 5.74) is -0.536. The first kappa shape index (κ1) is 15.0. The van der Waals surface area contributed by atoms with Gasteiger partial charge in [-0.1, -0.05) is 19.9 Å². The zero-order chi connectivity index (χ0) is 14.8. The van der Waals surface area contributed by atoms with E-state index in [1.807, 2.05) is 0 Å². The fourth-order valence-corrected chi connectivity index (χ4v) is 3.23. The minimum absolute atomic E-state index is 0.0667. The van der Waals surface area contributed by atoms with Crippen LogP contribution in [-0.2, 0) is 6.42 Å². The first-order chi connectivity index (χ1) is 9.47. The minimum Gasteiger partial charge on any atom is -0.207 e. The molecular weight excluding hydrogens is 256 g/mol. The smallest absolute Gasteiger partial charge is 0.129 e. The van der Waals surface area contributed by atoms with E-state index in [1.165, 1.54) is 18.2 Å².